The molecule has 1 aromatic carbocycles. The SMILES string of the molecule is Cc1cc(C(NN)C2CN(C(C)C)CCO2)ccc1F. The molecular formula is C15H24FN3O. The third-order valence-corrected chi connectivity index (χ3v) is 3.95. The van der Waals surface area contributed by atoms with Gasteiger partial charge in [0.2, 0.25) is 0 Å². The number of rotatable bonds is 4. The van der Waals surface area contributed by atoms with E-state index >= 15 is 0 Å². The maximum Gasteiger partial charge on any atom is 0.126 e. The Balaban J connectivity index is 2.16. The minimum absolute atomic E-state index is 0.0268. The Morgan fingerprint density at radius 3 is 2.80 bits per heavy atom. The number of hydrogen-bond donors (Lipinski definition) is 2. The summed E-state index contributed by atoms with van der Waals surface area (Å²) in [7, 11) is 0. The van der Waals surface area contributed by atoms with Crippen molar-refractivity contribution in [3.63, 3.8) is 0 Å². The normalized spacial score (nSPS) is 22.2. The molecule has 0 bridgehead atoms. The van der Waals surface area contributed by atoms with Crippen molar-refractivity contribution in [2.45, 2.75) is 39.0 Å². The van der Waals surface area contributed by atoms with Crippen LogP contribution in [0.1, 0.15) is 31.0 Å². The van der Waals surface area contributed by atoms with Gasteiger partial charge in [-0.1, -0.05) is 12.1 Å². The van der Waals surface area contributed by atoms with E-state index in [0.29, 0.717) is 18.2 Å². The van der Waals surface area contributed by atoms with Crippen LogP contribution >= 0.6 is 0 Å². The lowest BCUT2D eigenvalue weighted by molar-refractivity contribution is -0.0561. The Morgan fingerprint density at radius 2 is 2.20 bits per heavy atom. The first-order chi connectivity index (χ1) is 9.52. The largest absolute Gasteiger partial charge is 0.374 e. The number of nitrogens with one attached hydrogen (secondary N) is 1. The van der Waals surface area contributed by atoms with Crippen molar-refractivity contribution >= 4 is 0 Å². The van der Waals surface area contributed by atoms with Crippen LogP contribution in [0.5, 0.6) is 0 Å². The maximum absolute atomic E-state index is 13.4. The van der Waals surface area contributed by atoms with Crippen LogP contribution in [0.4, 0.5) is 4.39 Å². The van der Waals surface area contributed by atoms with Gasteiger partial charge in [-0.3, -0.25) is 16.2 Å². The van der Waals surface area contributed by atoms with Crippen molar-refractivity contribution in [1.82, 2.24) is 10.3 Å². The smallest absolute Gasteiger partial charge is 0.126 e. The highest BCUT2D eigenvalue weighted by Crippen LogP contribution is 2.24. The summed E-state index contributed by atoms with van der Waals surface area (Å²) < 4.78 is 19.2. The number of nitrogens with two attached hydrogens (primary N) is 1. The summed E-state index contributed by atoms with van der Waals surface area (Å²) in [6, 6.07) is 5.44. The van der Waals surface area contributed by atoms with Gasteiger partial charge in [-0.2, -0.15) is 0 Å². The summed E-state index contributed by atoms with van der Waals surface area (Å²) in [5.41, 5.74) is 4.40. The highest BCUT2D eigenvalue weighted by molar-refractivity contribution is 5.27. The summed E-state index contributed by atoms with van der Waals surface area (Å²) in [6.45, 7) is 8.57. The van der Waals surface area contributed by atoms with Gasteiger partial charge in [-0.25, -0.2) is 4.39 Å². The third-order valence-electron chi connectivity index (χ3n) is 3.95. The molecule has 2 atom stereocenters. The molecule has 2 rings (SSSR count). The molecule has 20 heavy (non-hydrogen) atoms. The van der Waals surface area contributed by atoms with Crippen LogP contribution in [0, 0.1) is 12.7 Å². The molecule has 0 saturated carbocycles. The fourth-order valence-corrected chi connectivity index (χ4v) is 2.65. The van der Waals surface area contributed by atoms with Crippen molar-refractivity contribution in [1.29, 1.82) is 0 Å². The topological polar surface area (TPSA) is 50.5 Å². The quantitative estimate of drug-likeness (QED) is 0.652. The van der Waals surface area contributed by atoms with Crippen LogP contribution in [0.3, 0.4) is 0 Å². The van der Waals surface area contributed by atoms with Gasteiger partial charge in [-0.15, -0.1) is 0 Å². The first kappa shape index (κ1) is 15.4. The molecule has 1 aromatic rings. The first-order valence-corrected chi connectivity index (χ1v) is 7.10. The molecule has 0 aromatic heterocycles. The molecular weight excluding hydrogens is 257 g/mol. The van der Waals surface area contributed by atoms with E-state index in [4.69, 9.17) is 10.6 Å². The molecule has 5 heteroatoms. The summed E-state index contributed by atoms with van der Waals surface area (Å²) in [6.07, 6.45) is -0.0268. The van der Waals surface area contributed by atoms with E-state index < -0.39 is 0 Å². The molecule has 112 valence electrons. The molecule has 3 N–H and O–H groups in total. The molecule has 1 heterocycles. The van der Waals surface area contributed by atoms with E-state index in [9.17, 15) is 4.39 Å². The minimum Gasteiger partial charge on any atom is -0.374 e. The first-order valence-electron chi connectivity index (χ1n) is 7.10. The zero-order valence-electron chi connectivity index (χ0n) is 12.4. The minimum atomic E-state index is -0.196. The van der Waals surface area contributed by atoms with Gasteiger partial charge < -0.3 is 4.74 Å². The van der Waals surface area contributed by atoms with Gasteiger partial charge in [-0.05, 0) is 38.0 Å². The molecule has 1 fully saturated rings. The van der Waals surface area contributed by atoms with Gasteiger partial charge in [0.15, 0.2) is 0 Å². The fraction of sp³-hybridized carbons (Fsp3) is 0.600. The highest BCUT2D eigenvalue weighted by Gasteiger charge is 2.29. The number of morpholine rings is 1. The van der Waals surface area contributed by atoms with Crippen molar-refractivity contribution in [3.8, 4) is 0 Å². The Labute approximate surface area is 120 Å². The van der Waals surface area contributed by atoms with Crippen LogP contribution < -0.4 is 11.3 Å². The summed E-state index contributed by atoms with van der Waals surface area (Å²) in [4.78, 5) is 2.37. The lowest BCUT2D eigenvalue weighted by atomic mass is 9.98. The van der Waals surface area contributed by atoms with Gasteiger partial charge in [0.05, 0.1) is 18.8 Å². The zero-order chi connectivity index (χ0) is 14.7. The molecule has 2 unspecified atom stereocenters. The van der Waals surface area contributed by atoms with E-state index in [1.807, 2.05) is 6.07 Å². The van der Waals surface area contributed by atoms with Gasteiger partial charge >= 0.3 is 0 Å². The van der Waals surface area contributed by atoms with Crippen molar-refractivity contribution in [2.75, 3.05) is 19.7 Å². The lowest BCUT2D eigenvalue weighted by Gasteiger charge is -2.38. The standard InChI is InChI=1S/C15H24FN3O/c1-10(2)19-6-7-20-14(9-19)15(18-17)12-4-5-13(16)11(3)8-12/h4-5,8,10,14-15,18H,6-7,9,17H2,1-3H3. The Kier molecular flexibility index (Phi) is 5.10. The number of nitrogens with zero attached hydrogens (tertiary/aromatic N) is 1. The second kappa shape index (κ2) is 6.63. The van der Waals surface area contributed by atoms with E-state index in [-0.39, 0.29) is 18.0 Å². The molecule has 0 radical (unpaired) electrons. The summed E-state index contributed by atoms with van der Waals surface area (Å²) in [5, 5.41) is 0. The zero-order valence-corrected chi connectivity index (χ0v) is 12.4. The molecule has 1 saturated heterocycles. The predicted molar refractivity (Wildman–Crippen MR) is 77.7 cm³/mol. The van der Waals surface area contributed by atoms with Gasteiger partial charge in [0.25, 0.3) is 0 Å². The molecule has 0 amide bonds. The van der Waals surface area contributed by atoms with E-state index in [0.717, 1.165) is 18.7 Å². The average Bonchev–Trinajstić information content (AvgIpc) is 2.44. The molecule has 0 spiro atoms. The van der Waals surface area contributed by atoms with Crippen molar-refractivity contribution in [2.24, 2.45) is 5.84 Å². The van der Waals surface area contributed by atoms with Gasteiger partial charge in [0, 0.05) is 19.1 Å². The number of hydrazine groups is 1. The van der Waals surface area contributed by atoms with Gasteiger partial charge in [0.1, 0.15) is 5.82 Å². The Morgan fingerprint density at radius 1 is 1.45 bits per heavy atom. The van der Waals surface area contributed by atoms with Crippen LogP contribution in [-0.2, 0) is 4.74 Å². The molecule has 1 aliphatic heterocycles. The second-order valence-electron chi connectivity index (χ2n) is 5.65. The lowest BCUT2D eigenvalue weighted by Crippen LogP contribution is -2.51. The van der Waals surface area contributed by atoms with Crippen LogP contribution in [0.2, 0.25) is 0 Å². The highest BCUT2D eigenvalue weighted by atomic mass is 19.1. The monoisotopic (exact) mass is 281 g/mol. The Bertz CT molecular complexity index is 453. The van der Waals surface area contributed by atoms with Crippen molar-refractivity contribution < 1.29 is 9.13 Å². The Hall–Kier alpha value is -1.01. The van der Waals surface area contributed by atoms with E-state index in [2.05, 4.69) is 24.2 Å². The predicted octanol–water partition coefficient (Wildman–Crippen LogP) is 1.75. The average molecular weight is 281 g/mol. The summed E-state index contributed by atoms with van der Waals surface area (Å²) in [5.74, 6) is 5.51. The second-order valence-corrected chi connectivity index (χ2v) is 5.65. The fourth-order valence-electron chi connectivity index (χ4n) is 2.65. The van der Waals surface area contributed by atoms with Crippen LogP contribution in [0.25, 0.3) is 0 Å². The number of aryl methyl sites for hydroxylation is 1. The molecule has 1 aliphatic rings. The number of benzene rings is 1. The number of halogens is 1. The number of ether oxygens (including phenoxy) is 1. The molecule has 0 aliphatic carbocycles. The maximum atomic E-state index is 13.4. The summed E-state index contributed by atoms with van der Waals surface area (Å²) >= 11 is 0. The van der Waals surface area contributed by atoms with Crippen LogP contribution in [-0.4, -0.2) is 36.7 Å². The van der Waals surface area contributed by atoms with E-state index in [1.165, 1.54) is 6.07 Å². The third kappa shape index (κ3) is 3.35. The van der Waals surface area contributed by atoms with Crippen LogP contribution in [0.15, 0.2) is 18.2 Å². The number of hydrogen-bond acceptors (Lipinski definition) is 4. The molecule has 4 nitrogen and oxygen atoms in total. The van der Waals surface area contributed by atoms with Crippen molar-refractivity contribution in [3.05, 3.63) is 35.1 Å². The van der Waals surface area contributed by atoms with E-state index in [1.54, 1.807) is 13.0 Å².